The average Bonchev–Trinajstić information content (AvgIpc) is 3.09. The Morgan fingerprint density at radius 2 is 2.08 bits per heavy atom. The Morgan fingerprint density at radius 1 is 1.28 bits per heavy atom. The van der Waals surface area contributed by atoms with Crippen molar-refractivity contribution in [1.29, 1.82) is 0 Å². The molecule has 4 nitrogen and oxygen atoms in total. The summed E-state index contributed by atoms with van der Waals surface area (Å²) in [4.78, 5) is 5.12. The Morgan fingerprint density at radius 3 is 2.80 bits per heavy atom. The number of piperidine rings is 1. The molecule has 1 fully saturated rings. The molecule has 1 N–H and O–H groups in total. The number of aromatic nitrogens is 2. The summed E-state index contributed by atoms with van der Waals surface area (Å²) >= 11 is 0. The maximum absolute atomic E-state index is 4.44. The zero-order chi connectivity index (χ0) is 17.6. The molecule has 1 aliphatic rings. The summed E-state index contributed by atoms with van der Waals surface area (Å²) in [5, 5.41) is 7.66. The van der Waals surface area contributed by atoms with Crippen LogP contribution in [0.3, 0.4) is 0 Å². The molecule has 2 aromatic rings. The SMILES string of the molecule is CC(C)c1cc(CN2CCCC(N(C)CCc3ccccc3)C2)[nH]n1. The van der Waals surface area contributed by atoms with Gasteiger partial charge in [-0.15, -0.1) is 0 Å². The van der Waals surface area contributed by atoms with Gasteiger partial charge in [0.25, 0.3) is 0 Å². The highest BCUT2D eigenvalue weighted by Gasteiger charge is 2.23. The predicted octanol–water partition coefficient (Wildman–Crippen LogP) is 3.67. The molecule has 0 spiro atoms. The number of likely N-dealkylation sites (tertiary alicyclic amines) is 1. The van der Waals surface area contributed by atoms with Crippen LogP contribution in [-0.2, 0) is 13.0 Å². The van der Waals surface area contributed by atoms with E-state index in [0.29, 0.717) is 12.0 Å². The monoisotopic (exact) mass is 340 g/mol. The second-order valence-corrected chi connectivity index (χ2v) is 7.72. The fourth-order valence-electron chi connectivity index (χ4n) is 3.66. The molecule has 25 heavy (non-hydrogen) atoms. The summed E-state index contributed by atoms with van der Waals surface area (Å²) in [6.07, 6.45) is 3.72. The summed E-state index contributed by atoms with van der Waals surface area (Å²) in [7, 11) is 2.28. The molecule has 1 aliphatic heterocycles. The van der Waals surface area contributed by atoms with E-state index in [-0.39, 0.29) is 0 Å². The number of benzene rings is 1. The first kappa shape index (κ1) is 18.2. The van der Waals surface area contributed by atoms with Gasteiger partial charge in [0.2, 0.25) is 0 Å². The molecule has 1 aromatic heterocycles. The first-order chi connectivity index (χ1) is 12.1. The van der Waals surface area contributed by atoms with Gasteiger partial charge >= 0.3 is 0 Å². The topological polar surface area (TPSA) is 35.2 Å². The maximum Gasteiger partial charge on any atom is 0.0650 e. The molecule has 0 saturated carbocycles. The highest BCUT2D eigenvalue weighted by Crippen LogP contribution is 2.19. The Kier molecular flexibility index (Phi) is 6.27. The average molecular weight is 341 g/mol. The summed E-state index contributed by atoms with van der Waals surface area (Å²) in [6, 6.07) is 13.7. The number of aromatic amines is 1. The van der Waals surface area contributed by atoms with Gasteiger partial charge in [-0.05, 0) is 50.4 Å². The summed E-state index contributed by atoms with van der Waals surface area (Å²) < 4.78 is 0. The number of H-pyrrole nitrogens is 1. The molecule has 136 valence electrons. The highest BCUT2D eigenvalue weighted by molar-refractivity contribution is 5.15. The summed E-state index contributed by atoms with van der Waals surface area (Å²) in [5.41, 5.74) is 3.85. The largest absolute Gasteiger partial charge is 0.302 e. The number of likely N-dealkylation sites (N-methyl/N-ethyl adjacent to an activating group) is 1. The van der Waals surface area contributed by atoms with E-state index in [0.717, 1.165) is 26.1 Å². The lowest BCUT2D eigenvalue weighted by molar-refractivity contribution is 0.111. The third-order valence-corrected chi connectivity index (χ3v) is 5.34. The van der Waals surface area contributed by atoms with Crippen molar-refractivity contribution in [2.75, 3.05) is 26.7 Å². The Labute approximate surface area is 152 Å². The molecule has 0 aliphatic carbocycles. The van der Waals surface area contributed by atoms with E-state index in [1.165, 1.54) is 36.3 Å². The van der Waals surface area contributed by atoms with Crippen LogP contribution in [0.25, 0.3) is 0 Å². The second kappa shape index (κ2) is 8.63. The first-order valence-electron chi connectivity index (χ1n) is 9.62. The lowest BCUT2D eigenvalue weighted by Crippen LogP contribution is -2.46. The van der Waals surface area contributed by atoms with Crippen LogP contribution in [0.1, 0.15) is 49.6 Å². The molecule has 1 unspecified atom stereocenters. The molecular weight excluding hydrogens is 308 g/mol. The maximum atomic E-state index is 4.44. The van der Waals surface area contributed by atoms with E-state index in [1.54, 1.807) is 0 Å². The number of nitrogens with zero attached hydrogens (tertiary/aromatic N) is 3. The van der Waals surface area contributed by atoms with Crippen molar-refractivity contribution in [2.24, 2.45) is 0 Å². The zero-order valence-electron chi connectivity index (χ0n) is 15.9. The van der Waals surface area contributed by atoms with Gasteiger partial charge in [0.1, 0.15) is 0 Å². The van der Waals surface area contributed by atoms with Crippen molar-refractivity contribution in [2.45, 2.75) is 51.6 Å². The quantitative estimate of drug-likeness (QED) is 0.835. The van der Waals surface area contributed by atoms with Gasteiger partial charge in [-0.25, -0.2) is 0 Å². The van der Waals surface area contributed by atoms with Gasteiger partial charge in [-0.1, -0.05) is 44.2 Å². The highest BCUT2D eigenvalue weighted by atomic mass is 15.2. The standard InChI is InChI=1S/C21H32N4/c1-17(2)21-14-19(22-23-21)15-25-12-7-10-20(16-25)24(3)13-11-18-8-5-4-6-9-18/h4-6,8-9,14,17,20H,7,10-13,15-16H2,1-3H3,(H,22,23). The third kappa shape index (κ3) is 5.16. The fraction of sp³-hybridized carbons (Fsp3) is 0.571. The number of nitrogens with one attached hydrogen (secondary N) is 1. The van der Waals surface area contributed by atoms with Crippen LogP contribution in [0.2, 0.25) is 0 Å². The Balaban J connectivity index is 1.49. The van der Waals surface area contributed by atoms with Crippen LogP contribution in [0.4, 0.5) is 0 Å². The minimum absolute atomic E-state index is 0.489. The first-order valence-corrected chi connectivity index (χ1v) is 9.62. The van der Waals surface area contributed by atoms with Crippen LogP contribution in [0.15, 0.2) is 36.4 Å². The van der Waals surface area contributed by atoms with E-state index in [9.17, 15) is 0 Å². The molecule has 4 heteroatoms. The molecule has 3 rings (SSSR count). The lowest BCUT2D eigenvalue weighted by atomic mass is 10.0. The molecule has 1 saturated heterocycles. The van der Waals surface area contributed by atoms with Gasteiger partial charge in [0.15, 0.2) is 0 Å². The lowest BCUT2D eigenvalue weighted by Gasteiger charge is -2.37. The molecule has 1 atom stereocenters. The van der Waals surface area contributed by atoms with Crippen LogP contribution < -0.4 is 0 Å². The molecule has 2 heterocycles. The molecule has 0 amide bonds. The number of hydrogen-bond donors (Lipinski definition) is 1. The van der Waals surface area contributed by atoms with Gasteiger partial charge in [0, 0.05) is 31.4 Å². The van der Waals surface area contributed by atoms with Crippen LogP contribution in [0.5, 0.6) is 0 Å². The third-order valence-electron chi connectivity index (χ3n) is 5.34. The molecular formula is C21H32N4. The van der Waals surface area contributed by atoms with Crippen LogP contribution in [-0.4, -0.2) is 52.7 Å². The Hall–Kier alpha value is -1.65. The van der Waals surface area contributed by atoms with Crippen molar-refractivity contribution < 1.29 is 0 Å². The van der Waals surface area contributed by atoms with Gasteiger partial charge in [0.05, 0.1) is 5.69 Å². The predicted molar refractivity (Wildman–Crippen MR) is 104 cm³/mol. The van der Waals surface area contributed by atoms with Crippen LogP contribution in [0, 0.1) is 0 Å². The van der Waals surface area contributed by atoms with E-state index in [2.05, 4.69) is 77.3 Å². The summed E-state index contributed by atoms with van der Waals surface area (Å²) in [5.74, 6) is 0.489. The number of hydrogen-bond acceptors (Lipinski definition) is 3. The van der Waals surface area contributed by atoms with Crippen molar-refractivity contribution >= 4 is 0 Å². The van der Waals surface area contributed by atoms with E-state index >= 15 is 0 Å². The van der Waals surface area contributed by atoms with Crippen LogP contribution >= 0.6 is 0 Å². The number of rotatable bonds is 7. The van der Waals surface area contributed by atoms with Gasteiger partial charge in [-0.2, -0.15) is 5.10 Å². The normalized spacial score (nSPS) is 19.0. The van der Waals surface area contributed by atoms with Crippen molar-refractivity contribution in [3.8, 4) is 0 Å². The summed E-state index contributed by atoms with van der Waals surface area (Å²) in [6.45, 7) is 8.85. The van der Waals surface area contributed by atoms with Gasteiger partial charge in [-0.3, -0.25) is 10.00 Å². The molecule has 0 bridgehead atoms. The van der Waals surface area contributed by atoms with Gasteiger partial charge < -0.3 is 4.90 Å². The van der Waals surface area contributed by atoms with Crippen molar-refractivity contribution in [3.05, 3.63) is 53.3 Å². The van der Waals surface area contributed by atoms with E-state index in [1.807, 2.05) is 0 Å². The second-order valence-electron chi connectivity index (χ2n) is 7.72. The smallest absolute Gasteiger partial charge is 0.0650 e. The Bertz CT molecular complexity index is 634. The molecule has 1 aromatic carbocycles. The minimum atomic E-state index is 0.489. The van der Waals surface area contributed by atoms with Crippen molar-refractivity contribution in [3.63, 3.8) is 0 Å². The zero-order valence-corrected chi connectivity index (χ0v) is 15.9. The minimum Gasteiger partial charge on any atom is -0.302 e. The van der Waals surface area contributed by atoms with E-state index < -0.39 is 0 Å². The van der Waals surface area contributed by atoms with E-state index in [4.69, 9.17) is 0 Å². The van der Waals surface area contributed by atoms with Crippen molar-refractivity contribution in [1.82, 2.24) is 20.0 Å². The molecule has 0 radical (unpaired) electrons. The fourth-order valence-corrected chi connectivity index (χ4v) is 3.66.